The lowest BCUT2D eigenvalue weighted by atomic mass is 9.83. The Bertz CT molecular complexity index is 599. The molecule has 0 bridgehead atoms. The van der Waals surface area contributed by atoms with Crippen molar-refractivity contribution >= 4 is 28.5 Å². The zero-order valence-corrected chi connectivity index (χ0v) is 10.7. The third-order valence-electron chi connectivity index (χ3n) is 3.11. The van der Waals surface area contributed by atoms with Gasteiger partial charge in [0.25, 0.3) is 0 Å². The van der Waals surface area contributed by atoms with Gasteiger partial charge >= 0.3 is 5.97 Å². The molecule has 3 nitrogen and oxygen atoms in total. The quantitative estimate of drug-likeness (QED) is 0.858. The standard InChI is InChI=1S/C13H14ClNO2/c1-7-11(13(2,3)12(16)17)9-6-8(14)4-5-10(9)15-7/h4-6,15H,1-3H3,(H,16,17). The largest absolute Gasteiger partial charge is 0.481 e. The number of benzene rings is 1. The number of halogens is 1. The van der Waals surface area contributed by atoms with Crippen LogP contribution in [0.5, 0.6) is 0 Å². The number of hydrogen-bond donors (Lipinski definition) is 2. The van der Waals surface area contributed by atoms with Crippen molar-refractivity contribution in [1.29, 1.82) is 0 Å². The number of aromatic nitrogens is 1. The molecular weight excluding hydrogens is 238 g/mol. The fourth-order valence-electron chi connectivity index (χ4n) is 2.21. The second-order valence-corrected chi connectivity index (χ2v) is 5.18. The fraction of sp³-hybridized carbons (Fsp3) is 0.308. The first-order chi connectivity index (χ1) is 7.84. The molecule has 0 aliphatic heterocycles. The van der Waals surface area contributed by atoms with Crippen LogP contribution in [-0.4, -0.2) is 16.1 Å². The maximum absolute atomic E-state index is 11.4. The molecule has 0 unspecified atom stereocenters. The van der Waals surface area contributed by atoms with Crippen LogP contribution >= 0.6 is 11.6 Å². The lowest BCUT2D eigenvalue weighted by Gasteiger charge is -2.20. The van der Waals surface area contributed by atoms with Crippen LogP contribution in [0.3, 0.4) is 0 Å². The van der Waals surface area contributed by atoms with E-state index in [4.69, 9.17) is 11.6 Å². The summed E-state index contributed by atoms with van der Waals surface area (Å²) in [5, 5.41) is 10.8. The van der Waals surface area contributed by atoms with E-state index in [9.17, 15) is 9.90 Å². The van der Waals surface area contributed by atoms with E-state index in [2.05, 4.69) is 4.98 Å². The van der Waals surface area contributed by atoms with Crippen molar-refractivity contribution < 1.29 is 9.90 Å². The van der Waals surface area contributed by atoms with Gasteiger partial charge in [-0.2, -0.15) is 0 Å². The number of aryl methyl sites for hydroxylation is 1. The molecule has 1 aromatic carbocycles. The molecule has 0 radical (unpaired) electrons. The number of rotatable bonds is 2. The van der Waals surface area contributed by atoms with E-state index in [1.807, 2.05) is 13.0 Å². The van der Waals surface area contributed by atoms with E-state index < -0.39 is 11.4 Å². The second kappa shape index (κ2) is 3.77. The highest BCUT2D eigenvalue weighted by Crippen LogP contribution is 2.34. The number of nitrogens with one attached hydrogen (secondary N) is 1. The van der Waals surface area contributed by atoms with Crippen molar-refractivity contribution in [2.75, 3.05) is 0 Å². The van der Waals surface area contributed by atoms with E-state index in [-0.39, 0.29) is 0 Å². The Kier molecular flexibility index (Phi) is 2.66. The number of hydrogen-bond acceptors (Lipinski definition) is 1. The average molecular weight is 252 g/mol. The first-order valence-electron chi connectivity index (χ1n) is 5.35. The highest BCUT2D eigenvalue weighted by Gasteiger charge is 2.33. The summed E-state index contributed by atoms with van der Waals surface area (Å²) in [5.41, 5.74) is 1.64. The van der Waals surface area contributed by atoms with Crippen molar-refractivity contribution in [2.45, 2.75) is 26.2 Å². The minimum Gasteiger partial charge on any atom is -0.481 e. The summed E-state index contributed by atoms with van der Waals surface area (Å²) in [6.45, 7) is 5.28. The van der Waals surface area contributed by atoms with E-state index in [0.717, 1.165) is 22.2 Å². The summed E-state index contributed by atoms with van der Waals surface area (Å²) in [5.74, 6) is -0.846. The molecule has 0 saturated carbocycles. The number of carboxylic acid groups (broad SMARTS) is 1. The molecule has 0 fully saturated rings. The van der Waals surface area contributed by atoms with Crippen molar-refractivity contribution in [3.05, 3.63) is 34.5 Å². The molecule has 1 heterocycles. The van der Waals surface area contributed by atoms with Gasteiger partial charge in [-0.3, -0.25) is 4.79 Å². The Hall–Kier alpha value is -1.48. The molecule has 2 N–H and O–H groups in total. The highest BCUT2D eigenvalue weighted by atomic mass is 35.5. The molecule has 0 spiro atoms. The van der Waals surface area contributed by atoms with Crippen LogP contribution in [-0.2, 0) is 10.2 Å². The predicted octanol–water partition coefficient (Wildman–Crippen LogP) is 3.49. The topological polar surface area (TPSA) is 53.1 Å². The van der Waals surface area contributed by atoms with Gasteiger partial charge in [0.05, 0.1) is 5.41 Å². The van der Waals surface area contributed by atoms with Gasteiger partial charge in [0.2, 0.25) is 0 Å². The normalized spacial score (nSPS) is 12.0. The molecule has 2 aromatic rings. The van der Waals surface area contributed by atoms with Gasteiger partial charge in [0.15, 0.2) is 0 Å². The van der Waals surface area contributed by atoms with E-state index in [1.165, 1.54) is 0 Å². The molecule has 0 amide bonds. The van der Waals surface area contributed by atoms with Gasteiger partial charge < -0.3 is 10.1 Å². The third kappa shape index (κ3) is 1.80. The molecule has 0 atom stereocenters. The first kappa shape index (κ1) is 12.0. The van der Waals surface area contributed by atoms with Gasteiger partial charge in [0.1, 0.15) is 0 Å². The van der Waals surface area contributed by atoms with E-state index in [0.29, 0.717) is 5.02 Å². The molecule has 1 aromatic heterocycles. The van der Waals surface area contributed by atoms with Crippen molar-refractivity contribution in [3.8, 4) is 0 Å². The summed E-state index contributed by atoms with van der Waals surface area (Å²) < 4.78 is 0. The Labute approximate surface area is 104 Å². The SMILES string of the molecule is Cc1[nH]c2ccc(Cl)cc2c1C(C)(C)C(=O)O. The van der Waals surface area contributed by atoms with Crippen molar-refractivity contribution in [1.82, 2.24) is 4.98 Å². The molecule has 0 aliphatic rings. The van der Waals surface area contributed by atoms with Crippen LogP contribution in [0, 0.1) is 6.92 Å². The molecule has 2 rings (SSSR count). The van der Waals surface area contributed by atoms with E-state index in [1.54, 1.807) is 26.0 Å². The minimum absolute atomic E-state index is 0.610. The number of H-pyrrole nitrogens is 1. The monoisotopic (exact) mass is 251 g/mol. The lowest BCUT2D eigenvalue weighted by Crippen LogP contribution is -2.29. The summed E-state index contributed by atoms with van der Waals surface area (Å²) in [6.07, 6.45) is 0. The predicted molar refractivity (Wildman–Crippen MR) is 68.7 cm³/mol. The third-order valence-corrected chi connectivity index (χ3v) is 3.34. The Morgan fingerprint density at radius 2 is 2.06 bits per heavy atom. The summed E-state index contributed by atoms with van der Waals surface area (Å²) in [7, 11) is 0. The van der Waals surface area contributed by atoms with E-state index >= 15 is 0 Å². The fourth-order valence-corrected chi connectivity index (χ4v) is 2.38. The number of aromatic amines is 1. The molecule has 4 heteroatoms. The van der Waals surface area contributed by atoms with Crippen LogP contribution in [0.4, 0.5) is 0 Å². The van der Waals surface area contributed by atoms with Crippen LogP contribution in [0.25, 0.3) is 10.9 Å². The molecule has 90 valence electrons. The maximum atomic E-state index is 11.4. The summed E-state index contributed by atoms with van der Waals surface area (Å²) >= 11 is 5.97. The van der Waals surface area contributed by atoms with Crippen molar-refractivity contribution in [3.63, 3.8) is 0 Å². The maximum Gasteiger partial charge on any atom is 0.313 e. The molecule has 0 aliphatic carbocycles. The second-order valence-electron chi connectivity index (χ2n) is 4.75. The van der Waals surface area contributed by atoms with Gasteiger partial charge in [-0.25, -0.2) is 0 Å². The van der Waals surface area contributed by atoms with Crippen molar-refractivity contribution in [2.24, 2.45) is 0 Å². The zero-order valence-electron chi connectivity index (χ0n) is 9.97. The van der Waals surface area contributed by atoms with Gasteiger partial charge in [-0.15, -0.1) is 0 Å². The Morgan fingerprint density at radius 3 is 2.65 bits per heavy atom. The summed E-state index contributed by atoms with van der Waals surface area (Å²) in [6, 6.07) is 5.46. The van der Waals surface area contributed by atoms with Crippen LogP contribution < -0.4 is 0 Å². The van der Waals surface area contributed by atoms with Crippen LogP contribution in [0.15, 0.2) is 18.2 Å². The first-order valence-corrected chi connectivity index (χ1v) is 5.73. The van der Waals surface area contributed by atoms with Gasteiger partial charge in [-0.1, -0.05) is 11.6 Å². The minimum atomic E-state index is -0.937. The average Bonchev–Trinajstić information content (AvgIpc) is 2.53. The van der Waals surface area contributed by atoms with Crippen LogP contribution in [0.1, 0.15) is 25.1 Å². The molecule has 0 saturated heterocycles. The zero-order chi connectivity index (χ0) is 12.8. The molecule has 17 heavy (non-hydrogen) atoms. The van der Waals surface area contributed by atoms with Gasteiger partial charge in [-0.05, 0) is 44.5 Å². The smallest absolute Gasteiger partial charge is 0.313 e. The number of aliphatic carboxylic acids is 1. The number of carbonyl (C=O) groups is 1. The number of carboxylic acids is 1. The lowest BCUT2D eigenvalue weighted by molar-refractivity contribution is -0.142. The Morgan fingerprint density at radius 1 is 1.41 bits per heavy atom. The number of fused-ring (bicyclic) bond motifs is 1. The van der Waals surface area contributed by atoms with Crippen LogP contribution in [0.2, 0.25) is 5.02 Å². The van der Waals surface area contributed by atoms with Gasteiger partial charge in [0, 0.05) is 21.6 Å². The molecular formula is C13H14ClNO2. The highest BCUT2D eigenvalue weighted by molar-refractivity contribution is 6.31. The Balaban J connectivity index is 2.80. The summed E-state index contributed by atoms with van der Waals surface area (Å²) in [4.78, 5) is 14.5.